The molecule has 0 atom stereocenters. The van der Waals surface area contributed by atoms with E-state index in [9.17, 15) is 22.8 Å². The van der Waals surface area contributed by atoms with E-state index in [0.29, 0.717) is 30.6 Å². The van der Waals surface area contributed by atoms with Crippen LogP contribution >= 0.6 is 0 Å². The Morgan fingerprint density at radius 3 is 2.67 bits per heavy atom. The Hall–Kier alpha value is -2.25. The minimum absolute atomic E-state index is 0.0892. The van der Waals surface area contributed by atoms with E-state index in [1.165, 1.54) is 23.1 Å². The van der Waals surface area contributed by atoms with Gasteiger partial charge in [0.1, 0.15) is 6.54 Å². The molecule has 0 radical (unpaired) electrons. The third-order valence-corrected chi connectivity index (χ3v) is 3.13. The molecule has 0 aliphatic carbocycles. The summed E-state index contributed by atoms with van der Waals surface area (Å²) >= 11 is 0. The fourth-order valence-electron chi connectivity index (χ4n) is 2.21. The number of hydrogen-bond acceptors (Lipinski definition) is 2. The maximum atomic E-state index is 12.1. The van der Waals surface area contributed by atoms with Gasteiger partial charge in [-0.1, -0.05) is 0 Å². The number of carboxylic acid groups (broad SMARTS) is 1. The van der Waals surface area contributed by atoms with Crippen molar-refractivity contribution in [3.05, 3.63) is 29.3 Å². The van der Waals surface area contributed by atoms with Crippen molar-refractivity contribution in [1.82, 2.24) is 5.32 Å². The summed E-state index contributed by atoms with van der Waals surface area (Å²) in [6.45, 7) is -1.10. The number of rotatable bonds is 2. The molecule has 8 heteroatoms. The number of halogens is 3. The predicted octanol–water partition coefficient (Wildman–Crippen LogP) is 2.41. The Labute approximate surface area is 118 Å². The van der Waals surface area contributed by atoms with Crippen LogP contribution in [0.5, 0.6) is 0 Å². The molecule has 0 spiro atoms. The highest BCUT2D eigenvalue weighted by Crippen LogP contribution is 2.28. The van der Waals surface area contributed by atoms with Crippen molar-refractivity contribution in [3.8, 4) is 0 Å². The van der Waals surface area contributed by atoms with E-state index in [0.717, 1.165) is 0 Å². The topological polar surface area (TPSA) is 69.6 Å². The van der Waals surface area contributed by atoms with E-state index in [2.05, 4.69) is 0 Å². The van der Waals surface area contributed by atoms with Crippen molar-refractivity contribution in [3.63, 3.8) is 0 Å². The van der Waals surface area contributed by atoms with Crippen LogP contribution in [0.3, 0.4) is 0 Å². The number of benzene rings is 1. The quantitative estimate of drug-likeness (QED) is 0.881. The standard InChI is InChI=1S/C13H13F3N2O3/c14-13(15,16)7-17-12(21)18-5-1-2-8-6-9(11(19)20)3-4-10(8)18/h3-4,6H,1-2,5,7H2,(H,17,21)(H,19,20). The Morgan fingerprint density at radius 2 is 2.05 bits per heavy atom. The second-order valence-electron chi connectivity index (χ2n) is 4.68. The fourth-order valence-corrected chi connectivity index (χ4v) is 2.21. The number of urea groups is 1. The molecule has 21 heavy (non-hydrogen) atoms. The first-order chi connectivity index (χ1) is 9.78. The predicted molar refractivity (Wildman–Crippen MR) is 68.5 cm³/mol. The van der Waals surface area contributed by atoms with Crippen molar-refractivity contribution >= 4 is 17.7 Å². The first kappa shape index (κ1) is 15.1. The summed E-state index contributed by atoms with van der Waals surface area (Å²) < 4.78 is 36.4. The van der Waals surface area contributed by atoms with Crippen LogP contribution in [0.15, 0.2) is 18.2 Å². The molecule has 0 unspecified atom stereocenters. The van der Waals surface area contributed by atoms with Crippen LogP contribution in [0, 0.1) is 0 Å². The molecule has 1 aliphatic rings. The van der Waals surface area contributed by atoms with Crippen molar-refractivity contribution in [1.29, 1.82) is 0 Å². The van der Waals surface area contributed by atoms with Crippen LogP contribution in [0.1, 0.15) is 22.3 Å². The first-order valence-electron chi connectivity index (χ1n) is 6.26. The van der Waals surface area contributed by atoms with Crippen molar-refractivity contribution in [2.24, 2.45) is 0 Å². The van der Waals surface area contributed by atoms with Crippen LogP contribution in [0.2, 0.25) is 0 Å². The summed E-state index contributed by atoms with van der Waals surface area (Å²) in [5.74, 6) is -1.09. The van der Waals surface area contributed by atoms with Crippen LogP contribution in [-0.2, 0) is 6.42 Å². The molecule has 1 heterocycles. The lowest BCUT2D eigenvalue weighted by Gasteiger charge is -2.30. The van der Waals surface area contributed by atoms with E-state index in [4.69, 9.17) is 5.11 Å². The number of nitrogens with zero attached hydrogens (tertiary/aromatic N) is 1. The molecule has 0 fully saturated rings. The van der Waals surface area contributed by atoms with Crippen LogP contribution in [0.4, 0.5) is 23.7 Å². The molecule has 1 aliphatic heterocycles. The Kier molecular flexibility index (Phi) is 4.06. The van der Waals surface area contributed by atoms with Gasteiger partial charge in [-0.3, -0.25) is 4.90 Å². The largest absolute Gasteiger partial charge is 0.478 e. The van der Waals surface area contributed by atoms with Gasteiger partial charge in [-0.25, -0.2) is 9.59 Å². The van der Waals surface area contributed by atoms with Gasteiger partial charge in [0.05, 0.1) is 5.56 Å². The van der Waals surface area contributed by atoms with E-state index in [1.807, 2.05) is 5.32 Å². The number of aryl methyl sites for hydroxylation is 1. The van der Waals surface area contributed by atoms with E-state index in [-0.39, 0.29) is 5.56 Å². The summed E-state index contributed by atoms with van der Waals surface area (Å²) in [6.07, 6.45) is -3.32. The molecule has 2 N–H and O–H groups in total. The molecule has 1 aromatic carbocycles. The zero-order valence-corrected chi connectivity index (χ0v) is 10.9. The average molecular weight is 302 g/mol. The number of carboxylic acids is 1. The highest BCUT2D eigenvalue weighted by atomic mass is 19.4. The van der Waals surface area contributed by atoms with Gasteiger partial charge in [-0.15, -0.1) is 0 Å². The number of anilines is 1. The highest BCUT2D eigenvalue weighted by molar-refractivity contribution is 5.95. The third kappa shape index (κ3) is 3.65. The highest BCUT2D eigenvalue weighted by Gasteiger charge is 2.30. The van der Waals surface area contributed by atoms with Crippen LogP contribution in [0.25, 0.3) is 0 Å². The van der Waals surface area contributed by atoms with E-state index >= 15 is 0 Å². The van der Waals surface area contributed by atoms with Crippen molar-refractivity contribution < 1.29 is 27.9 Å². The Morgan fingerprint density at radius 1 is 1.33 bits per heavy atom. The molecule has 0 bridgehead atoms. The summed E-state index contributed by atoms with van der Waals surface area (Å²) in [5.41, 5.74) is 1.18. The molecule has 1 aromatic rings. The Bertz CT molecular complexity index is 572. The van der Waals surface area contributed by atoms with Crippen molar-refractivity contribution in [2.75, 3.05) is 18.0 Å². The Balaban J connectivity index is 2.18. The average Bonchev–Trinajstić information content (AvgIpc) is 2.42. The molecule has 0 saturated carbocycles. The minimum atomic E-state index is -4.47. The molecule has 2 rings (SSSR count). The number of alkyl halides is 3. The zero-order valence-electron chi connectivity index (χ0n) is 10.9. The third-order valence-electron chi connectivity index (χ3n) is 3.13. The molecule has 2 amide bonds. The SMILES string of the molecule is O=C(O)c1ccc2c(c1)CCCN2C(=O)NCC(F)(F)F. The number of fused-ring (bicyclic) bond motifs is 1. The smallest absolute Gasteiger partial charge is 0.405 e. The van der Waals surface area contributed by atoms with Gasteiger partial charge in [0.2, 0.25) is 0 Å². The molecular formula is C13H13F3N2O3. The second-order valence-corrected chi connectivity index (χ2v) is 4.68. The molecule has 5 nitrogen and oxygen atoms in total. The van der Waals surface area contributed by atoms with Gasteiger partial charge < -0.3 is 10.4 Å². The van der Waals surface area contributed by atoms with E-state index < -0.39 is 24.7 Å². The maximum absolute atomic E-state index is 12.1. The summed E-state index contributed by atoms with van der Waals surface area (Å²) in [5, 5.41) is 10.7. The minimum Gasteiger partial charge on any atom is -0.478 e. The number of carbonyl (C=O) groups excluding carboxylic acids is 1. The lowest BCUT2D eigenvalue weighted by molar-refractivity contribution is -0.122. The maximum Gasteiger partial charge on any atom is 0.405 e. The number of nitrogens with one attached hydrogen (secondary N) is 1. The van der Waals surface area contributed by atoms with Gasteiger partial charge in [0.15, 0.2) is 0 Å². The van der Waals surface area contributed by atoms with Crippen LogP contribution in [-0.4, -0.2) is 36.4 Å². The summed E-state index contributed by atoms with van der Waals surface area (Å²) in [4.78, 5) is 23.9. The molecular weight excluding hydrogens is 289 g/mol. The van der Waals surface area contributed by atoms with Gasteiger partial charge in [-0.05, 0) is 36.6 Å². The fraction of sp³-hybridized carbons (Fsp3) is 0.385. The summed E-state index contributed by atoms with van der Waals surface area (Å²) in [6, 6.07) is 3.39. The first-order valence-corrected chi connectivity index (χ1v) is 6.26. The van der Waals surface area contributed by atoms with Gasteiger partial charge in [0, 0.05) is 12.2 Å². The van der Waals surface area contributed by atoms with Gasteiger partial charge >= 0.3 is 18.2 Å². The lowest BCUT2D eigenvalue weighted by Crippen LogP contribution is -2.45. The number of carbonyl (C=O) groups is 2. The van der Waals surface area contributed by atoms with Gasteiger partial charge in [0.25, 0.3) is 0 Å². The van der Waals surface area contributed by atoms with Crippen molar-refractivity contribution in [2.45, 2.75) is 19.0 Å². The van der Waals surface area contributed by atoms with E-state index in [1.54, 1.807) is 0 Å². The normalized spacial score (nSPS) is 14.5. The number of amides is 2. The second kappa shape index (κ2) is 5.63. The lowest BCUT2D eigenvalue weighted by atomic mass is 9.99. The van der Waals surface area contributed by atoms with Gasteiger partial charge in [-0.2, -0.15) is 13.2 Å². The monoisotopic (exact) mass is 302 g/mol. The number of aromatic carboxylic acids is 1. The number of hydrogen-bond donors (Lipinski definition) is 2. The zero-order chi connectivity index (χ0) is 15.6. The molecule has 0 saturated heterocycles. The van der Waals surface area contributed by atoms with Crippen LogP contribution < -0.4 is 10.2 Å². The molecule has 114 valence electrons. The summed E-state index contributed by atoms with van der Waals surface area (Å²) in [7, 11) is 0. The molecule has 0 aromatic heterocycles.